The first-order valence-electron chi connectivity index (χ1n) is 8.71. The molecule has 5 heteroatoms. The predicted octanol–water partition coefficient (Wildman–Crippen LogP) is 2.78. The number of nitrogens with zero attached hydrogens (tertiary/aromatic N) is 3. The molecule has 0 aliphatic carbocycles. The van der Waals surface area contributed by atoms with Gasteiger partial charge in [-0.05, 0) is 31.4 Å². The zero-order valence-corrected chi connectivity index (χ0v) is 14.7. The zero-order valence-electron chi connectivity index (χ0n) is 14.7. The molecule has 1 aromatic carbocycles. The minimum absolute atomic E-state index is 0.0897. The summed E-state index contributed by atoms with van der Waals surface area (Å²) in [5.41, 5.74) is 4.86. The van der Waals surface area contributed by atoms with Gasteiger partial charge in [0.1, 0.15) is 0 Å². The molecule has 24 heavy (non-hydrogen) atoms. The first-order valence-corrected chi connectivity index (χ1v) is 8.71. The van der Waals surface area contributed by atoms with Crippen LogP contribution in [-0.4, -0.2) is 46.9 Å². The Morgan fingerprint density at radius 1 is 1.17 bits per heavy atom. The maximum absolute atomic E-state index is 13.1. The van der Waals surface area contributed by atoms with E-state index in [1.165, 1.54) is 0 Å². The molecule has 1 fully saturated rings. The van der Waals surface area contributed by atoms with Crippen LogP contribution in [0.4, 0.5) is 0 Å². The Kier molecular flexibility index (Phi) is 5.00. The van der Waals surface area contributed by atoms with E-state index in [1.807, 2.05) is 21.7 Å². The molecule has 0 saturated carbocycles. The number of morpholine rings is 1. The summed E-state index contributed by atoms with van der Waals surface area (Å²) >= 11 is 0. The van der Waals surface area contributed by atoms with E-state index in [0.717, 1.165) is 41.0 Å². The molecular weight excluding hydrogens is 302 g/mol. The summed E-state index contributed by atoms with van der Waals surface area (Å²) in [5, 5.41) is 4.78. The fourth-order valence-corrected chi connectivity index (χ4v) is 3.25. The van der Waals surface area contributed by atoms with Crippen molar-refractivity contribution < 1.29 is 9.53 Å². The van der Waals surface area contributed by atoms with Crippen molar-refractivity contribution in [2.45, 2.75) is 33.6 Å². The number of aromatic nitrogens is 2. The fourth-order valence-electron chi connectivity index (χ4n) is 3.25. The van der Waals surface area contributed by atoms with E-state index in [4.69, 9.17) is 9.84 Å². The Labute approximate surface area is 143 Å². The van der Waals surface area contributed by atoms with Crippen LogP contribution < -0.4 is 0 Å². The minimum atomic E-state index is 0.0897. The summed E-state index contributed by atoms with van der Waals surface area (Å²) in [6.45, 7) is 8.75. The highest BCUT2D eigenvalue weighted by atomic mass is 16.5. The first kappa shape index (κ1) is 16.7. The maximum Gasteiger partial charge on any atom is 0.257 e. The lowest BCUT2D eigenvalue weighted by Gasteiger charge is -2.27. The molecule has 2 heterocycles. The predicted molar refractivity (Wildman–Crippen MR) is 93.8 cm³/mol. The van der Waals surface area contributed by atoms with Gasteiger partial charge in [0.05, 0.1) is 35.9 Å². The number of carbonyl (C=O) groups is 1. The third kappa shape index (κ3) is 2.96. The molecule has 2 aromatic rings. The van der Waals surface area contributed by atoms with Gasteiger partial charge in [-0.3, -0.25) is 4.79 Å². The van der Waals surface area contributed by atoms with Crippen LogP contribution >= 0.6 is 0 Å². The van der Waals surface area contributed by atoms with Gasteiger partial charge < -0.3 is 9.64 Å². The average molecular weight is 327 g/mol. The lowest BCUT2D eigenvalue weighted by Crippen LogP contribution is -2.41. The quantitative estimate of drug-likeness (QED) is 0.867. The third-order valence-electron chi connectivity index (χ3n) is 4.58. The summed E-state index contributed by atoms with van der Waals surface area (Å²) < 4.78 is 7.33. The van der Waals surface area contributed by atoms with Gasteiger partial charge in [-0.2, -0.15) is 5.10 Å². The van der Waals surface area contributed by atoms with E-state index in [-0.39, 0.29) is 5.91 Å². The molecule has 0 N–H and O–H groups in total. The minimum Gasteiger partial charge on any atom is -0.378 e. The number of rotatable bonds is 4. The topological polar surface area (TPSA) is 47.4 Å². The molecule has 0 bridgehead atoms. The van der Waals surface area contributed by atoms with Crippen LogP contribution in [0.3, 0.4) is 0 Å². The van der Waals surface area contributed by atoms with E-state index >= 15 is 0 Å². The van der Waals surface area contributed by atoms with Crippen molar-refractivity contribution in [3.63, 3.8) is 0 Å². The van der Waals surface area contributed by atoms with E-state index in [0.29, 0.717) is 26.3 Å². The monoisotopic (exact) mass is 327 g/mol. The fraction of sp³-hybridized carbons (Fsp3) is 0.474. The molecule has 1 aliphatic heterocycles. The van der Waals surface area contributed by atoms with Crippen LogP contribution in [0.15, 0.2) is 24.3 Å². The van der Waals surface area contributed by atoms with Gasteiger partial charge >= 0.3 is 0 Å². The second-order valence-electron chi connectivity index (χ2n) is 6.08. The number of hydrogen-bond donors (Lipinski definition) is 0. The molecule has 0 unspecified atom stereocenters. The molecule has 0 spiro atoms. The van der Waals surface area contributed by atoms with Gasteiger partial charge in [0.2, 0.25) is 0 Å². The highest BCUT2D eigenvalue weighted by Crippen LogP contribution is 2.24. The summed E-state index contributed by atoms with van der Waals surface area (Å²) in [5.74, 6) is 0.0897. The number of benzene rings is 1. The number of amides is 1. The lowest BCUT2D eigenvalue weighted by atomic mass is 10.1. The van der Waals surface area contributed by atoms with Crippen LogP contribution in [-0.2, 0) is 17.6 Å². The molecule has 128 valence electrons. The first-order chi connectivity index (χ1) is 11.7. The van der Waals surface area contributed by atoms with Gasteiger partial charge in [-0.1, -0.05) is 32.0 Å². The Morgan fingerprint density at radius 2 is 1.88 bits per heavy atom. The standard InChI is InChI=1S/C19H25N3O2/c1-4-15-18(19(23)21-10-12-24-13-11-21)16(5-2)22(20-15)17-9-7-6-8-14(17)3/h6-9H,4-5,10-13H2,1-3H3. The van der Waals surface area contributed by atoms with Crippen LogP contribution in [0.5, 0.6) is 0 Å². The summed E-state index contributed by atoms with van der Waals surface area (Å²) in [6, 6.07) is 8.17. The molecule has 0 atom stereocenters. The SMILES string of the molecule is CCc1nn(-c2ccccc2C)c(CC)c1C(=O)N1CCOCC1. The van der Waals surface area contributed by atoms with Gasteiger partial charge in [-0.25, -0.2) is 4.68 Å². The molecule has 1 aliphatic rings. The van der Waals surface area contributed by atoms with Crippen molar-refractivity contribution in [1.82, 2.24) is 14.7 Å². The van der Waals surface area contributed by atoms with Crippen LogP contribution in [0.1, 0.15) is 41.2 Å². The number of para-hydroxylation sites is 1. The highest BCUT2D eigenvalue weighted by Gasteiger charge is 2.27. The van der Waals surface area contributed by atoms with Crippen LogP contribution in [0, 0.1) is 6.92 Å². The van der Waals surface area contributed by atoms with Crippen LogP contribution in [0.2, 0.25) is 0 Å². The van der Waals surface area contributed by atoms with E-state index in [1.54, 1.807) is 0 Å². The van der Waals surface area contributed by atoms with Crippen LogP contribution in [0.25, 0.3) is 5.69 Å². The van der Waals surface area contributed by atoms with Crippen molar-refractivity contribution in [3.8, 4) is 5.69 Å². The maximum atomic E-state index is 13.1. The lowest BCUT2D eigenvalue weighted by molar-refractivity contribution is 0.0301. The molecule has 5 nitrogen and oxygen atoms in total. The normalized spacial score (nSPS) is 14.9. The van der Waals surface area contributed by atoms with Gasteiger partial charge in [-0.15, -0.1) is 0 Å². The van der Waals surface area contributed by atoms with Gasteiger partial charge in [0, 0.05) is 13.1 Å². The molecule has 1 aromatic heterocycles. The molecular formula is C19H25N3O2. The molecule has 0 radical (unpaired) electrons. The highest BCUT2D eigenvalue weighted by molar-refractivity contribution is 5.96. The number of hydrogen-bond acceptors (Lipinski definition) is 3. The second-order valence-corrected chi connectivity index (χ2v) is 6.08. The number of ether oxygens (including phenoxy) is 1. The summed E-state index contributed by atoms with van der Waals surface area (Å²) in [6.07, 6.45) is 1.52. The van der Waals surface area contributed by atoms with Gasteiger partial charge in [0.15, 0.2) is 0 Å². The van der Waals surface area contributed by atoms with Crippen molar-refractivity contribution in [2.75, 3.05) is 26.3 Å². The summed E-state index contributed by atoms with van der Waals surface area (Å²) in [7, 11) is 0. The van der Waals surface area contributed by atoms with Crippen molar-refractivity contribution in [2.24, 2.45) is 0 Å². The van der Waals surface area contributed by atoms with Gasteiger partial charge in [0.25, 0.3) is 5.91 Å². The number of aryl methyl sites for hydroxylation is 2. The molecule has 1 amide bonds. The van der Waals surface area contributed by atoms with E-state index in [9.17, 15) is 4.79 Å². The average Bonchev–Trinajstić information content (AvgIpc) is 3.00. The molecule has 3 rings (SSSR count). The second kappa shape index (κ2) is 7.18. The largest absolute Gasteiger partial charge is 0.378 e. The zero-order chi connectivity index (χ0) is 17.1. The Morgan fingerprint density at radius 3 is 2.50 bits per heavy atom. The van der Waals surface area contributed by atoms with Crippen molar-refractivity contribution in [1.29, 1.82) is 0 Å². The van der Waals surface area contributed by atoms with Crippen molar-refractivity contribution >= 4 is 5.91 Å². The van der Waals surface area contributed by atoms with E-state index in [2.05, 4.69) is 32.9 Å². The Bertz CT molecular complexity index is 730. The smallest absolute Gasteiger partial charge is 0.257 e. The number of carbonyl (C=O) groups excluding carboxylic acids is 1. The molecule has 1 saturated heterocycles. The van der Waals surface area contributed by atoms with Crippen molar-refractivity contribution in [3.05, 3.63) is 46.8 Å². The summed E-state index contributed by atoms with van der Waals surface area (Å²) in [4.78, 5) is 15.0. The Hall–Kier alpha value is -2.14. The third-order valence-corrected chi connectivity index (χ3v) is 4.58. The Balaban J connectivity index is 2.09. The van der Waals surface area contributed by atoms with E-state index < -0.39 is 0 Å².